The molecule has 1 aliphatic rings. The summed E-state index contributed by atoms with van der Waals surface area (Å²) in [6, 6.07) is 17.1. The molecule has 1 aromatic heterocycles. The molecule has 4 rings (SSSR count). The quantitative estimate of drug-likeness (QED) is 0.677. The number of urea groups is 1. The van der Waals surface area contributed by atoms with Gasteiger partial charge in [0.2, 0.25) is 5.91 Å². The van der Waals surface area contributed by atoms with Crippen LogP contribution in [0.4, 0.5) is 10.5 Å². The molecule has 0 unspecified atom stereocenters. The fourth-order valence-corrected chi connectivity index (χ4v) is 3.68. The molecule has 2 N–H and O–H groups in total. The molecule has 0 aliphatic carbocycles. The number of carbonyl (C=O) groups is 2. The maximum Gasteiger partial charge on any atom is 0.315 e. The number of nitrogens with one attached hydrogen (secondary N) is 2. The molecule has 3 aromatic rings. The van der Waals surface area contributed by atoms with Crippen LogP contribution in [0, 0.1) is 0 Å². The molecule has 1 saturated heterocycles. The zero-order valence-electron chi connectivity index (χ0n) is 16.3. The van der Waals surface area contributed by atoms with Gasteiger partial charge in [-0.3, -0.25) is 4.79 Å². The van der Waals surface area contributed by atoms with E-state index >= 15 is 0 Å². The third kappa shape index (κ3) is 4.18. The van der Waals surface area contributed by atoms with Crippen LogP contribution in [0.2, 0.25) is 0 Å². The Hall–Kier alpha value is -3.48. The van der Waals surface area contributed by atoms with Crippen LogP contribution < -0.4 is 20.3 Å². The molecule has 7 heteroatoms. The highest BCUT2D eigenvalue weighted by molar-refractivity contribution is 5.96. The van der Waals surface area contributed by atoms with Crippen LogP contribution in [-0.4, -0.2) is 42.7 Å². The highest BCUT2D eigenvalue weighted by Crippen LogP contribution is 2.24. The Balaban J connectivity index is 1.27. The van der Waals surface area contributed by atoms with E-state index < -0.39 is 0 Å². The van der Waals surface area contributed by atoms with Crippen molar-refractivity contribution in [1.29, 1.82) is 0 Å². The second-order valence-corrected chi connectivity index (χ2v) is 7.07. The summed E-state index contributed by atoms with van der Waals surface area (Å²) in [6.45, 7) is 1.65. The van der Waals surface area contributed by atoms with E-state index in [0.717, 1.165) is 17.0 Å². The van der Waals surface area contributed by atoms with E-state index in [-0.39, 0.29) is 18.0 Å². The molecule has 1 aliphatic heterocycles. The van der Waals surface area contributed by atoms with Gasteiger partial charge in [0.25, 0.3) is 0 Å². The van der Waals surface area contributed by atoms with E-state index in [9.17, 15) is 9.59 Å². The molecule has 1 fully saturated rings. The summed E-state index contributed by atoms with van der Waals surface area (Å²) in [4.78, 5) is 26.3. The first-order valence-corrected chi connectivity index (χ1v) is 9.67. The van der Waals surface area contributed by atoms with Crippen molar-refractivity contribution in [1.82, 2.24) is 15.2 Å². The van der Waals surface area contributed by atoms with Gasteiger partial charge < -0.3 is 24.8 Å². The van der Waals surface area contributed by atoms with E-state index in [2.05, 4.69) is 33.4 Å². The smallest absolute Gasteiger partial charge is 0.315 e. The molecule has 0 spiro atoms. The summed E-state index contributed by atoms with van der Waals surface area (Å²) in [7, 11) is 1.60. The number of hydrogen-bond acceptors (Lipinski definition) is 3. The molecular weight excluding hydrogens is 368 g/mol. The van der Waals surface area contributed by atoms with Crippen molar-refractivity contribution in [3.63, 3.8) is 0 Å². The SMILES string of the molecule is COc1ccc(N2C[C@@H](NC(=O)NCCn3ccc4ccccc43)CC2=O)cc1. The fraction of sp³-hybridized carbons (Fsp3) is 0.273. The van der Waals surface area contributed by atoms with Gasteiger partial charge in [0.1, 0.15) is 5.75 Å². The van der Waals surface area contributed by atoms with Crippen LogP contribution in [0.5, 0.6) is 5.75 Å². The van der Waals surface area contributed by atoms with Crippen molar-refractivity contribution in [2.75, 3.05) is 25.1 Å². The average Bonchev–Trinajstić information content (AvgIpc) is 3.31. The van der Waals surface area contributed by atoms with Crippen LogP contribution in [0.25, 0.3) is 10.9 Å². The largest absolute Gasteiger partial charge is 0.497 e. The summed E-state index contributed by atoms with van der Waals surface area (Å²) in [5.41, 5.74) is 1.95. The Morgan fingerprint density at radius 3 is 2.72 bits per heavy atom. The zero-order chi connectivity index (χ0) is 20.2. The Kier molecular flexibility index (Phi) is 5.37. The molecule has 2 heterocycles. The number of rotatable bonds is 6. The first-order chi connectivity index (χ1) is 14.1. The molecule has 150 valence electrons. The summed E-state index contributed by atoms with van der Waals surface area (Å²) in [6.07, 6.45) is 2.31. The van der Waals surface area contributed by atoms with Gasteiger partial charge in [-0.1, -0.05) is 18.2 Å². The van der Waals surface area contributed by atoms with Crippen molar-refractivity contribution in [3.8, 4) is 5.75 Å². The van der Waals surface area contributed by atoms with Crippen LogP contribution in [-0.2, 0) is 11.3 Å². The fourth-order valence-electron chi connectivity index (χ4n) is 3.68. The maximum atomic E-state index is 12.3. The van der Waals surface area contributed by atoms with Crippen molar-refractivity contribution in [3.05, 3.63) is 60.8 Å². The lowest BCUT2D eigenvalue weighted by Gasteiger charge is -2.18. The van der Waals surface area contributed by atoms with Crippen molar-refractivity contribution in [2.45, 2.75) is 19.0 Å². The number of methoxy groups -OCH3 is 1. The summed E-state index contributed by atoms with van der Waals surface area (Å²) < 4.78 is 7.26. The molecule has 2 aromatic carbocycles. The lowest BCUT2D eigenvalue weighted by molar-refractivity contribution is -0.117. The van der Waals surface area contributed by atoms with Crippen LogP contribution >= 0.6 is 0 Å². The van der Waals surface area contributed by atoms with Crippen molar-refractivity contribution < 1.29 is 14.3 Å². The van der Waals surface area contributed by atoms with Crippen LogP contribution in [0.3, 0.4) is 0 Å². The number of aromatic nitrogens is 1. The van der Waals surface area contributed by atoms with Crippen molar-refractivity contribution in [2.24, 2.45) is 0 Å². The Labute approximate surface area is 169 Å². The number of amides is 3. The normalized spacial score (nSPS) is 16.2. The van der Waals surface area contributed by atoms with Gasteiger partial charge >= 0.3 is 6.03 Å². The van der Waals surface area contributed by atoms with E-state index in [1.807, 2.05) is 42.6 Å². The summed E-state index contributed by atoms with van der Waals surface area (Å²) in [5.74, 6) is 0.740. The number of benzene rings is 2. The molecule has 0 saturated carbocycles. The Bertz CT molecular complexity index is 1010. The molecule has 29 heavy (non-hydrogen) atoms. The highest BCUT2D eigenvalue weighted by atomic mass is 16.5. The van der Waals surface area contributed by atoms with E-state index in [0.29, 0.717) is 26.1 Å². The lowest BCUT2D eigenvalue weighted by Crippen LogP contribution is -2.44. The first-order valence-electron chi connectivity index (χ1n) is 9.67. The first kappa shape index (κ1) is 18.9. The van der Waals surface area contributed by atoms with Gasteiger partial charge in [-0.2, -0.15) is 0 Å². The van der Waals surface area contributed by atoms with Gasteiger partial charge in [-0.25, -0.2) is 4.79 Å². The lowest BCUT2D eigenvalue weighted by atomic mass is 10.2. The van der Waals surface area contributed by atoms with Gasteiger partial charge in [-0.05, 0) is 41.8 Å². The summed E-state index contributed by atoms with van der Waals surface area (Å²) >= 11 is 0. The van der Waals surface area contributed by atoms with Crippen LogP contribution in [0.1, 0.15) is 6.42 Å². The van der Waals surface area contributed by atoms with Gasteiger partial charge in [0.05, 0.1) is 13.2 Å². The number of ether oxygens (including phenoxy) is 1. The topological polar surface area (TPSA) is 75.6 Å². The molecule has 0 radical (unpaired) electrons. The molecule has 3 amide bonds. The second kappa shape index (κ2) is 8.26. The monoisotopic (exact) mass is 392 g/mol. The number of hydrogen-bond donors (Lipinski definition) is 2. The predicted molar refractivity (Wildman–Crippen MR) is 112 cm³/mol. The van der Waals surface area contributed by atoms with Gasteiger partial charge in [0.15, 0.2) is 0 Å². The van der Waals surface area contributed by atoms with E-state index in [1.54, 1.807) is 12.0 Å². The Morgan fingerprint density at radius 2 is 1.93 bits per heavy atom. The van der Waals surface area contributed by atoms with E-state index in [4.69, 9.17) is 4.74 Å². The zero-order valence-corrected chi connectivity index (χ0v) is 16.3. The van der Waals surface area contributed by atoms with Crippen molar-refractivity contribution >= 4 is 28.5 Å². The third-order valence-corrected chi connectivity index (χ3v) is 5.16. The third-order valence-electron chi connectivity index (χ3n) is 5.16. The van der Waals surface area contributed by atoms with Gasteiger partial charge in [-0.15, -0.1) is 0 Å². The standard InChI is InChI=1S/C22H24N4O3/c1-29-19-8-6-18(7-9-19)26-15-17(14-21(26)27)24-22(28)23-11-13-25-12-10-16-4-2-3-5-20(16)25/h2-10,12,17H,11,13-15H2,1H3,(H2,23,24,28)/t17-/m0/s1. The summed E-state index contributed by atoms with van der Waals surface area (Å²) in [5, 5.41) is 6.96. The number of carbonyl (C=O) groups excluding carboxylic acids is 2. The number of para-hydroxylation sites is 1. The Morgan fingerprint density at radius 1 is 1.14 bits per heavy atom. The number of anilines is 1. The predicted octanol–water partition coefficient (Wildman–Crippen LogP) is 2.75. The minimum atomic E-state index is -0.254. The molecule has 0 bridgehead atoms. The molecular formula is C22H24N4O3. The average molecular weight is 392 g/mol. The van der Waals surface area contributed by atoms with Crippen LogP contribution in [0.15, 0.2) is 60.8 Å². The molecule has 1 atom stereocenters. The van der Waals surface area contributed by atoms with Gasteiger partial charge in [0, 0.05) is 43.5 Å². The minimum absolute atomic E-state index is 0.000669. The minimum Gasteiger partial charge on any atom is -0.497 e. The second-order valence-electron chi connectivity index (χ2n) is 7.07. The maximum absolute atomic E-state index is 12.3. The highest BCUT2D eigenvalue weighted by Gasteiger charge is 2.31. The number of nitrogens with zero attached hydrogens (tertiary/aromatic N) is 2. The molecule has 7 nitrogen and oxygen atoms in total. The van der Waals surface area contributed by atoms with E-state index in [1.165, 1.54) is 5.39 Å². The number of fused-ring (bicyclic) bond motifs is 1.